The molecule has 50 valence electrons. The second kappa shape index (κ2) is 2.23. The summed E-state index contributed by atoms with van der Waals surface area (Å²) >= 11 is 5.20. The molecule has 8 heavy (non-hydrogen) atoms. The second-order valence-corrected chi connectivity index (χ2v) is 5.31. The summed E-state index contributed by atoms with van der Waals surface area (Å²) in [6.45, 7) is 2.72. The van der Waals surface area contributed by atoms with Crippen LogP contribution in [0.2, 0.25) is 0 Å². The van der Waals surface area contributed by atoms with E-state index in [1.54, 1.807) is 0 Å². The number of aliphatic hydroxyl groups is 1. The Morgan fingerprint density at radius 3 is 1.50 bits per heavy atom. The molecule has 0 aromatic carbocycles. The van der Waals surface area contributed by atoms with E-state index in [0.29, 0.717) is 0 Å². The maximum absolute atomic E-state index is 12.5. The van der Waals surface area contributed by atoms with Crippen LogP contribution in [0.5, 0.6) is 0 Å². The normalized spacial score (nSPS) is 14.2. The Morgan fingerprint density at radius 1 is 1.38 bits per heavy atom. The maximum Gasteiger partial charge on any atom is 0.246 e. The van der Waals surface area contributed by atoms with Crippen LogP contribution in [0.15, 0.2) is 0 Å². The van der Waals surface area contributed by atoms with Crippen LogP contribution >= 0.6 is 31.9 Å². The third-order valence-electron chi connectivity index (χ3n) is 0.694. The SMILES string of the molecule is CC(C)(O)C(F)(Br)Br. The van der Waals surface area contributed by atoms with Crippen molar-refractivity contribution in [2.45, 2.75) is 22.9 Å². The van der Waals surface area contributed by atoms with Gasteiger partial charge < -0.3 is 5.11 Å². The zero-order chi connectivity index (χ0) is 7.00. The smallest absolute Gasteiger partial charge is 0.246 e. The molecule has 0 aromatic heterocycles. The van der Waals surface area contributed by atoms with Crippen molar-refractivity contribution in [3.8, 4) is 0 Å². The summed E-state index contributed by atoms with van der Waals surface area (Å²) in [5.74, 6) is 0. The molecule has 0 aliphatic rings. The Labute approximate surface area is 64.5 Å². The molecule has 0 spiro atoms. The van der Waals surface area contributed by atoms with Gasteiger partial charge >= 0.3 is 0 Å². The van der Waals surface area contributed by atoms with Gasteiger partial charge in [-0.25, -0.2) is 4.39 Å². The first-order valence-corrected chi connectivity index (χ1v) is 3.63. The van der Waals surface area contributed by atoms with Crippen molar-refractivity contribution < 1.29 is 9.50 Å². The highest BCUT2D eigenvalue weighted by molar-refractivity contribution is 9.25. The van der Waals surface area contributed by atoms with Crippen LogP contribution in [-0.2, 0) is 0 Å². The molecule has 0 radical (unpaired) electrons. The molecule has 0 amide bonds. The van der Waals surface area contributed by atoms with Crippen molar-refractivity contribution in [1.82, 2.24) is 0 Å². The molecule has 0 aliphatic carbocycles. The average molecular weight is 250 g/mol. The Hall–Kier alpha value is 0.850. The summed E-state index contributed by atoms with van der Waals surface area (Å²) < 4.78 is 10.6. The lowest BCUT2D eigenvalue weighted by molar-refractivity contribution is 0.0274. The van der Waals surface area contributed by atoms with Gasteiger partial charge in [-0.1, -0.05) is 0 Å². The van der Waals surface area contributed by atoms with Crippen molar-refractivity contribution in [3.05, 3.63) is 0 Å². The first-order valence-electron chi connectivity index (χ1n) is 2.04. The lowest BCUT2D eigenvalue weighted by Crippen LogP contribution is -2.35. The summed E-state index contributed by atoms with van der Waals surface area (Å²) in [5.41, 5.74) is -1.40. The van der Waals surface area contributed by atoms with Gasteiger partial charge in [-0.2, -0.15) is 0 Å². The molecule has 0 atom stereocenters. The average Bonchev–Trinajstić information content (AvgIpc) is 1.25. The fourth-order valence-corrected chi connectivity index (χ4v) is 0. The van der Waals surface area contributed by atoms with Gasteiger partial charge in [0.15, 0.2) is 0 Å². The van der Waals surface area contributed by atoms with E-state index in [4.69, 9.17) is 5.11 Å². The van der Waals surface area contributed by atoms with Crippen LogP contribution in [0.4, 0.5) is 4.39 Å². The minimum atomic E-state index is -1.88. The molecule has 0 bridgehead atoms. The molecule has 0 fully saturated rings. The van der Waals surface area contributed by atoms with Crippen molar-refractivity contribution in [3.63, 3.8) is 0 Å². The van der Waals surface area contributed by atoms with Crippen molar-refractivity contribution in [1.29, 1.82) is 0 Å². The maximum atomic E-state index is 12.5. The number of hydrogen-bond acceptors (Lipinski definition) is 1. The number of alkyl halides is 3. The highest BCUT2D eigenvalue weighted by Gasteiger charge is 2.39. The molecular weight excluding hydrogens is 243 g/mol. The molecule has 0 rings (SSSR count). The van der Waals surface area contributed by atoms with E-state index in [9.17, 15) is 4.39 Å². The van der Waals surface area contributed by atoms with E-state index in [1.807, 2.05) is 0 Å². The zero-order valence-corrected chi connectivity index (χ0v) is 7.75. The topological polar surface area (TPSA) is 20.2 Å². The van der Waals surface area contributed by atoms with Crippen LogP contribution in [0.25, 0.3) is 0 Å². The number of halogens is 3. The molecule has 1 nitrogen and oxygen atoms in total. The molecule has 0 aliphatic heterocycles. The van der Waals surface area contributed by atoms with Gasteiger partial charge in [0, 0.05) is 0 Å². The zero-order valence-electron chi connectivity index (χ0n) is 4.58. The molecule has 0 saturated carbocycles. The molecule has 0 heterocycles. The Kier molecular flexibility index (Phi) is 2.47. The molecule has 4 heteroatoms. The summed E-state index contributed by atoms with van der Waals surface area (Å²) in [6, 6.07) is 0. The van der Waals surface area contributed by atoms with Gasteiger partial charge in [0.2, 0.25) is 3.49 Å². The quantitative estimate of drug-likeness (QED) is 0.707. The fraction of sp³-hybridized carbons (Fsp3) is 1.00. The minimum absolute atomic E-state index is 1.36. The Bertz CT molecular complexity index is 69.0. The predicted octanol–water partition coefficient (Wildman–Crippen LogP) is 2.17. The van der Waals surface area contributed by atoms with Gasteiger partial charge in [-0.3, -0.25) is 0 Å². The summed E-state index contributed by atoms with van der Waals surface area (Å²) in [7, 11) is 0. The van der Waals surface area contributed by atoms with E-state index in [2.05, 4.69) is 31.9 Å². The summed E-state index contributed by atoms with van der Waals surface area (Å²) in [5, 5.41) is 8.89. The monoisotopic (exact) mass is 248 g/mol. The van der Waals surface area contributed by atoms with Gasteiger partial charge in [0.05, 0.1) is 0 Å². The van der Waals surface area contributed by atoms with Gasteiger partial charge in [-0.05, 0) is 45.7 Å². The lowest BCUT2D eigenvalue weighted by atomic mass is 10.2. The molecular formula is C4H7Br2FO. The first kappa shape index (κ1) is 8.85. The van der Waals surface area contributed by atoms with Gasteiger partial charge in [0.1, 0.15) is 5.60 Å². The highest BCUT2D eigenvalue weighted by Crippen LogP contribution is 2.38. The standard InChI is InChI=1S/C4H7Br2FO/c1-3(2,8)4(5,6)7/h8H,1-2H3. The largest absolute Gasteiger partial charge is 0.385 e. The number of rotatable bonds is 1. The minimum Gasteiger partial charge on any atom is -0.385 e. The van der Waals surface area contributed by atoms with E-state index in [-0.39, 0.29) is 0 Å². The Balaban J connectivity index is 4.02. The fourth-order valence-electron chi connectivity index (χ4n) is 0. The van der Waals surface area contributed by atoms with E-state index < -0.39 is 9.09 Å². The Morgan fingerprint density at radius 2 is 1.50 bits per heavy atom. The van der Waals surface area contributed by atoms with Crippen LogP contribution in [0, 0.1) is 0 Å². The van der Waals surface area contributed by atoms with Crippen LogP contribution in [-0.4, -0.2) is 14.2 Å². The second-order valence-electron chi connectivity index (χ2n) is 2.06. The van der Waals surface area contributed by atoms with Crippen LogP contribution < -0.4 is 0 Å². The van der Waals surface area contributed by atoms with Crippen molar-refractivity contribution in [2.24, 2.45) is 0 Å². The van der Waals surface area contributed by atoms with Crippen molar-refractivity contribution >= 4 is 31.9 Å². The highest BCUT2D eigenvalue weighted by atomic mass is 79.9. The van der Waals surface area contributed by atoms with Gasteiger partial charge in [0.25, 0.3) is 0 Å². The number of hydrogen-bond donors (Lipinski definition) is 1. The molecule has 0 aromatic rings. The molecule has 0 saturated heterocycles. The first-order chi connectivity index (χ1) is 3.25. The summed E-state index contributed by atoms with van der Waals surface area (Å²) in [4.78, 5) is 0. The third-order valence-corrected chi connectivity index (χ3v) is 2.63. The van der Waals surface area contributed by atoms with Crippen molar-refractivity contribution in [2.75, 3.05) is 0 Å². The molecule has 1 N–H and O–H groups in total. The van der Waals surface area contributed by atoms with Crippen LogP contribution in [0.1, 0.15) is 13.8 Å². The van der Waals surface area contributed by atoms with E-state index in [1.165, 1.54) is 13.8 Å². The third kappa shape index (κ3) is 2.42. The molecule has 0 unspecified atom stereocenters. The predicted molar refractivity (Wildman–Crippen MR) is 38.0 cm³/mol. The summed E-state index contributed by atoms with van der Waals surface area (Å²) in [6.07, 6.45) is 0. The van der Waals surface area contributed by atoms with Gasteiger partial charge in [-0.15, -0.1) is 0 Å². The lowest BCUT2D eigenvalue weighted by Gasteiger charge is -2.24. The van der Waals surface area contributed by atoms with Crippen LogP contribution in [0.3, 0.4) is 0 Å². The van der Waals surface area contributed by atoms with E-state index >= 15 is 0 Å². The van der Waals surface area contributed by atoms with E-state index in [0.717, 1.165) is 0 Å².